The van der Waals surface area contributed by atoms with Crippen LogP contribution in [0.2, 0.25) is 0 Å². The molecule has 0 aliphatic heterocycles. The summed E-state index contributed by atoms with van der Waals surface area (Å²) < 4.78 is 0. The van der Waals surface area contributed by atoms with Gasteiger partial charge in [-0.2, -0.15) is 5.26 Å². The number of benzene rings is 1. The molecule has 1 aromatic rings. The number of carbonyl (C=O) groups excluding carboxylic acids is 2. The third kappa shape index (κ3) is 3.61. The van der Waals surface area contributed by atoms with Crippen molar-refractivity contribution in [1.29, 1.82) is 5.26 Å². The van der Waals surface area contributed by atoms with Crippen molar-refractivity contribution in [2.75, 3.05) is 5.32 Å². The van der Waals surface area contributed by atoms with Crippen LogP contribution in [0.15, 0.2) is 24.3 Å². The molecule has 1 amide bonds. The van der Waals surface area contributed by atoms with E-state index in [1.807, 2.05) is 6.07 Å². The second-order valence-corrected chi connectivity index (χ2v) is 2.94. The minimum Gasteiger partial charge on any atom is -0.326 e. The summed E-state index contributed by atoms with van der Waals surface area (Å²) in [5.74, 6) is -0.202. The predicted octanol–water partition coefficient (Wildman–Crippen LogP) is 1.48. The Morgan fingerprint density at radius 2 is 2.07 bits per heavy atom. The standard InChI is InChI=1S/C11H10N2O2/c12-8-9-3-5-10(6-4-9)13-11(15)2-1-7-14/h3-7H,1-2H2,(H,13,15). The largest absolute Gasteiger partial charge is 0.326 e. The van der Waals surface area contributed by atoms with Gasteiger partial charge in [-0.3, -0.25) is 4.79 Å². The van der Waals surface area contributed by atoms with E-state index in [1.54, 1.807) is 24.3 Å². The number of carbonyl (C=O) groups is 2. The van der Waals surface area contributed by atoms with Gasteiger partial charge in [-0.05, 0) is 24.3 Å². The van der Waals surface area contributed by atoms with Crippen molar-refractivity contribution in [3.05, 3.63) is 29.8 Å². The zero-order valence-corrected chi connectivity index (χ0v) is 8.06. The van der Waals surface area contributed by atoms with E-state index in [-0.39, 0.29) is 18.7 Å². The average Bonchev–Trinajstić information content (AvgIpc) is 2.27. The van der Waals surface area contributed by atoms with Gasteiger partial charge in [0.05, 0.1) is 11.6 Å². The molecule has 0 unspecified atom stereocenters. The van der Waals surface area contributed by atoms with Gasteiger partial charge in [0.15, 0.2) is 0 Å². The fourth-order valence-corrected chi connectivity index (χ4v) is 1.04. The lowest BCUT2D eigenvalue weighted by molar-refractivity contribution is -0.118. The van der Waals surface area contributed by atoms with E-state index >= 15 is 0 Å². The Labute approximate surface area is 87.5 Å². The maximum atomic E-state index is 11.2. The minimum absolute atomic E-state index is 0.184. The Kier molecular flexibility index (Phi) is 4.05. The molecule has 0 heterocycles. The van der Waals surface area contributed by atoms with Crippen LogP contribution in [0.25, 0.3) is 0 Å². The minimum atomic E-state index is -0.202. The van der Waals surface area contributed by atoms with Crippen LogP contribution >= 0.6 is 0 Å². The van der Waals surface area contributed by atoms with Crippen LogP contribution in [-0.4, -0.2) is 12.2 Å². The molecule has 0 aliphatic carbocycles. The number of nitrogens with zero attached hydrogens (tertiary/aromatic N) is 1. The third-order valence-corrected chi connectivity index (χ3v) is 1.79. The zero-order valence-electron chi connectivity index (χ0n) is 8.06. The molecular weight excluding hydrogens is 192 g/mol. The fraction of sp³-hybridized carbons (Fsp3) is 0.182. The second kappa shape index (κ2) is 5.55. The van der Waals surface area contributed by atoms with Gasteiger partial charge < -0.3 is 10.1 Å². The van der Waals surface area contributed by atoms with E-state index in [0.717, 1.165) is 0 Å². The van der Waals surface area contributed by atoms with Crippen molar-refractivity contribution >= 4 is 17.9 Å². The number of aldehydes is 1. The average molecular weight is 202 g/mol. The number of anilines is 1. The molecule has 0 aromatic heterocycles. The summed E-state index contributed by atoms with van der Waals surface area (Å²) in [6.07, 6.45) is 1.12. The summed E-state index contributed by atoms with van der Waals surface area (Å²) in [7, 11) is 0. The predicted molar refractivity (Wildman–Crippen MR) is 55.1 cm³/mol. The van der Waals surface area contributed by atoms with E-state index in [1.165, 1.54) is 0 Å². The molecule has 0 atom stereocenters. The van der Waals surface area contributed by atoms with Crippen LogP contribution in [0.3, 0.4) is 0 Å². The summed E-state index contributed by atoms with van der Waals surface area (Å²) in [5.41, 5.74) is 1.17. The first-order valence-corrected chi connectivity index (χ1v) is 4.50. The summed E-state index contributed by atoms with van der Waals surface area (Å²) in [4.78, 5) is 21.2. The number of nitriles is 1. The molecule has 4 nitrogen and oxygen atoms in total. The molecule has 0 radical (unpaired) electrons. The van der Waals surface area contributed by atoms with E-state index in [4.69, 9.17) is 5.26 Å². The van der Waals surface area contributed by atoms with Gasteiger partial charge in [0.1, 0.15) is 6.29 Å². The molecule has 1 aromatic carbocycles. The summed E-state index contributed by atoms with van der Waals surface area (Å²) in [5, 5.41) is 11.2. The Bertz CT molecular complexity index is 390. The lowest BCUT2D eigenvalue weighted by atomic mass is 10.2. The lowest BCUT2D eigenvalue weighted by Crippen LogP contribution is -2.11. The first-order valence-electron chi connectivity index (χ1n) is 4.50. The second-order valence-electron chi connectivity index (χ2n) is 2.94. The van der Waals surface area contributed by atoms with Gasteiger partial charge in [-0.15, -0.1) is 0 Å². The molecule has 0 saturated heterocycles. The van der Waals surface area contributed by atoms with Crippen molar-refractivity contribution in [2.45, 2.75) is 12.8 Å². The molecule has 0 fully saturated rings. The number of rotatable bonds is 4. The van der Waals surface area contributed by atoms with Crippen LogP contribution in [0.5, 0.6) is 0 Å². The Morgan fingerprint density at radius 1 is 1.40 bits per heavy atom. The van der Waals surface area contributed by atoms with Crippen LogP contribution in [0.4, 0.5) is 5.69 Å². The third-order valence-electron chi connectivity index (χ3n) is 1.79. The Morgan fingerprint density at radius 3 is 2.60 bits per heavy atom. The molecule has 15 heavy (non-hydrogen) atoms. The highest BCUT2D eigenvalue weighted by Gasteiger charge is 2.01. The van der Waals surface area contributed by atoms with Crippen LogP contribution in [-0.2, 0) is 9.59 Å². The van der Waals surface area contributed by atoms with Gasteiger partial charge in [0, 0.05) is 18.5 Å². The SMILES string of the molecule is N#Cc1ccc(NC(=O)CCC=O)cc1. The van der Waals surface area contributed by atoms with Crippen molar-refractivity contribution in [1.82, 2.24) is 0 Å². The lowest BCUT2D eigenvalue weighted by Gasteiger charge is -2.02. The number of hydrogen-bond donors (Lipinski definition) is 1. The van der Waals surface area contributed by atoms with Crippen molar-refractivity contribution in [3.63, 3.8) is 0 Å². The first kappa shape index (κ1) is 10.9. The first-order chi connectivity index (χ1) is 7.26. The molecule has 0 saturated carbocycles. The molecular formula is C11H10N2O2. The van der Waals surface area contributed by atoms with Gasteiger partial charge in [-0.25, -0.2) is 0 Å². The highest BCUT2D eigenvalue weighted by Crippen LogP contribution is 2.09. The van der Waals surface area contributed by atoms with Crippen molar-refractivity contribution in [3.8, 4) is 6.07 Å². The van der Waals surface area contributed by atoms with Crippen molar-refractivity contribution in [2.24, 2.45) is 0 Å². The van der Waals surface area contributed by atoms with Gasteiger partial charge in [-0.1, -0.05) is 0 Å². The van der Waals surface area contributed by atoms with Gasteiger partial charge in [0.2, 0.25) is 5.91 Å². The van der Waals surface area contributed by atoms with E-state index < -0.39 is 0 Å². The zero-order chi connectivity index (χ0) is 11.1. The van der Waals surface area contributed by atoms with Crippen LogP contribution in [0, 0.1) is 11.3 Å². The highest BCUT2D eigenvalue weighted by atomic mass is 16.1. The Balaban J connectivity index is 2.54. The number of hydrogen-bond acceptors (Lipinski definition) is 3. The fourth-order valence-electron chi connectivity index (χ4n) is 1.04. The highest BCUT2D eigenvalue weighted by molar-refractivity contribution is 5.91. The maximum Gasteiger partial charge on any atom is 0.224 e. The number of amides is 1. The molecule has 0 spiro atoms. The van der Waals surface area contributed by atoms with E-state index in [9.17, 15) is 9.59 Å². The van der Waals surface area contributed by atoms with Crippen LogP contribution in [0.1, 0.15) is 18.4 Å². The van der Waals surface area contributed by atoms with Gasteiger partial charge >= 0.3 is 0 Å². The Hall–Kier alpha value is -2.15. The van der Waals surface area contributed by atoms with Crippen molar-refractivity contribution < 1.29 is 9.59 Å². The summed E-state index contributed by atoms with van der Waals surface area (Å²) >= 11 is 0. The summed E-state index contributed by atoms with van der Waals surface area (Å²) in [6, 6.07) is 8.52. The smallest absolute Gasteiger partial charge is 0.224 e. The summed E-state index contributed by atoms with van der Waals surface area (Å²) in [6.45, 7) is 0. The molecule has 76 valence electrons. The van der Waals surface area contributed by atoms with E-state index in [0.29, 0.717) is 17.5 Å². The number of nitrogens with one attached hydrogen (secondary N) is 1. The molecule has 0 bridgehead atoms. The molecule has 0 aliphatic rings. The normalized spacial score (nSPS) is 9.00. The maximum absolute atomic E-state index is 11.2. The van der Waals surface area contributed by atoms with Crippen LogP contribution < -0.4 is 5.32 Å². The molecule has 4 heteroatoms. The quantitative estimate of drug-likeness (QED) is 0.751. The molecule has 1 N–H and O–H groups in total. The van der Waals surface area contributed by atoms with E-state index in [2.05, 4.69) is 5.32 Å². The monoisotopic (exact) mass is 202 g/mol. The topological polar surface area (TPSA) is 70.0 Å². The van der Waals surface area contributed by atoms with Gasteiger partial charge in [0.25, 0.3) is 0 Å². The molecule has 1 rings (SSSR count).